The molecule has 1 N–H and O–H groups in total. The fraction of sp³-hybridized carbons (Fsp3) is 0. The van der Waals surface area contributed by atoms with Crippen molar-refractivity contribution in [2.24, 2.45) is 0 Å². The van der Waals surface area contributed by atoms with Gasteiger partial charge in [-0.2, -0.15) is 0 Å². The zero-order chi connectivity index (χ0) is 21.3. The predicted octanol–water partition coefficient (Wildman–Crippen LogP) is 6.40. The average Bonchev–Trinajstić information content (AvgIpc) is 3.17. The third kappa shape index (κ3) is 4.38. The minimum absolute atomic E-state index is 0.0664. The van der Waals surface area contributed by atoms with Crippen molar-refractivity contribution >= 4 is 50.7 Å². The van der Waals surface area contributed by atoms with E-state index < -0.39 is 5.91 Å². The molecule has 0 bridgehead atoms. The smallest absolute Gasteiger partial charge is 0.295 e. The Balaban J connectivity index is 1.75. The van der Waals surface area contributed by atoms with E-state index in [2.05, 4.69) is 31.3 Å². The highest BCUT2D eigenvalue weighted by Crippen LogP contribution is 2.27. The van der Waals surface area contributed by atoms with Gasteiger partial charge in [0, 0.05) is 15.1 Å². The number of carbonyl (C=O) groups is 1. The minimum Gasteiger partial charge on any atom is -0.318 e. The molecule has 0 radical (unpaired) electrons. The third-order valence-electron chi connectivity index (χ3n) is 4.16. The number of rotatable bonds is 4. The minimum atomic E-state index is -0.543. The molecule has 0 aliphatic heterocycles. The van der Waals surface area contributed by atoms with E-state index in [1.165, 1.54) is 22.9 Å². The van der Waals surface area contributed by atoms with Gasteiger partial charge < -0.3 is 5.32 Å². The van der Waals surface area contributed by atoms with Gasteiger partial charge >= 0.3 is 0 Å². The lowest BCUT2D eigenvalue weighted by atomic mass is 10.2. The lowest BCUT2D eigenvalue weighted by Gasteiger charge is -2.06. The zero-order valence-electron chi connectivity index (χ0n) is 15.1. The van der Waals surface area contributed by atoms with E-state index >= 15 is 0 Å². The van der Waals surface area contributed by atoms with Gasteiger partial charge in [-0.3, -0.25) is 4.79 Å². The summed E-state index contributed by atoms with van der Waals surface area (Å²) in [6.45, 7) is 0. The topological polar surface area (TPSA) is 59.8 Å². The summed E-state index contributed by atoms with van der Waals surface area (Å²) in [5.41, 5.74) is 1.68. The van der Waals surface area contributed by atoms with E-state index in [-0.39, 0.29) is 11.6 Å². The van der Waals surface area contributed by atoms with E-state index in [0.29, 0.717) is 27.2 Å². The number of carbonyl (C=O) groups excluding carboxylic acids is 1. The summed E-state index contributed by atoms with van der Waals surface area (Å²) in [4.78, 5) is 17.2. The molecule has 0 unspecified atom stereocenters. The normalized spacial score (nSPS) is 10.8. The highest BCUT2D eigenvalue weighted by Gasteiger charge is 2.20. The zero-order valence-corrected chi connectivity index (χ0v) is 18.2. The van der Waals surface area contributed by atoms with Crippen LogP contribution in [0.3, 0.4) is 0 Å². The second kappa shape index (κ2) is 8.55. The number of nitrogens with zero attached hydrogens (tertiary/aromatic N) is 3. The molecule has 1 aromatic heterocycles. The molecular formula is C21H12BrCl2FN4O. The predicted molar refractivity (Wildman–Crippen MR) is 119 cm³/mol. The van der Waals surface area contributed by atoms with E-state index in [4.69, 9.17) is 23.2 Å². The largest absolute Gasteiger partial charge is 0.318 e. The van der Waals surface area contributed by atoms with Crippen LogP contribution in [0.1, 0.15) is 10.6 Å². The maximum atomic E-state index is 13.4. The fourth-order valence-electron chi connectivity index (χ4n) is 2.73. The molecule has 0 aliphatic carbocycles. The monoisotopic (exact) mass is 504 g/mol. The van der Waals surface area contributed by atoms with Crippen LogP contribution in [0.2, 0.25) is 10.0 Å². The van der Waals surface area contributed by atoms with Gasteiger partial charge in [-0.15, -0.1) is 5.10 Å². The van der Waals surface area contributed by atoms with Gasteiger partial charge in [-0.25, -0.2) is 14.1 Å². The number of nitrogens with one attached hydrogen (secondary N) is 1. The molecule has 4 rings (SSSR count). The number of aromatic nitrogens is 3. The molecule has 1 amide bonds. The Labute approximate surface area is 189 Å². The van der Waals surface area contributed by atoms with Crippen molar-refractivity contribution in [3.05, 3.63) is 92.9 Å². The molecule has 0 saturated carbocycles. The molecule has 9 heteroatoms. The van der Waals surface area contributed by atoms with Gasteiger partial charge in [0.15, 0.2) is 5.82 Å². The van der Waals surface area contributed by atoms with Crippen molar-refractivity contribution in [2.75, 3.05) is 5.32 Å². The first-order chi connectivity index (χ1) is 14.4. The van der Waals surface area contributed by atoms with Crippen molar-refractivity contribution in [2.45, 2.75) is 0 Å². The molecule has 5 nitrogen and oxygen atoms in total. The van der Waals surface area contributed by atoms with Crippen LogP contribution >= 0.6 is 39.1 Å². The molecule has 0 fully saturated rings. The quantitative estimate of drug-likeness (QED) is 0.349. The molecule has 0 atom stereocenters. The molecule has 1 heterocycles. The number of hydrogen-bond acceptors (Lipinski definition) is 3. The van der Waals surface area contributed by atoms with Crippen LogP contribution in [-0.4, -0.2) is 20.7 Å². The van der Waals surface area contributed by atoms with Crippen LogP contribution in [0.15, 0.2) is 71.2 Å². The first kappa shape index (κ1) is 20.5. The van der Waals surface area contributed by atoms with Crippen molar-refractivity contribution < 1.29 is 9.18 Å². The molecule has 0 spiro atoms. The van der Waals surface area contributed by atoms with Gasteiger partial charge in [0.2, 0.25) is 5.82 Å². The Morgan fingerprint density at radius 1 is 1.00 bits per heavy atom. The Morgan fingerprint density at radius 2 is 1.70 bits per heavy atom. The van der Waals surface area contributed by atoms with Crippen LogP contribution in [0.4, 0.5) is 10.1 Å². The number of amides is 1. The van der Waals surface area contributed by atoms with E-state index in [1.54, 1.807) is 24.3 Å². The average molecular weight is 506 g/mol. The summed E-state index contributed by atoms with van der Waals surface area (Å²) in [5, 5.41) is 7.77. The SMILES string of the molecule is O=C(Nc1ccc(Cl)cc1Cl)c1nc(-c2ccc(Br)cc2)n(-c2ccc(F)cc2)n1. The van der Waals surface area contributed by atoms with Crippen LogP contribution in [-0.2, 0) is 0 Å². The highest BCUT2D eigenvalue weighted by molar-refractivity contribution is 9.10. The lowest BCUT2D eigenvalue weighted by molar-refractivity contribution is 0.101. The molecule has 4 aromatic rings. The van der Waals surface area contributed by atoms with Crippen LogP contribution < -0.4 is 5.32 Å². The maximum Gasteiger partial charge on any atom is 0.295 e. The summed E-state index contributed by atoms with van der Waals surface area (Å²) >= 11 is 15.4. The molecule has 150 valence electrons. The molecule has 30 heavy (non-hydrogen) atoms. The Morgan fingerprint density at radius 3 is 2.37 bits per heavy atom. The van der Waals surface area contributed by atoms with E-state index in [0.717, 1.165) is 10.0 Å². The van der Waals surface area contributed by atoms with Gasteiger partial charge in [0.05, 0.1) is 16.4 Å². The van der Waals surface area contributed by atoms with E-state index in [9.17, 15) is 9.18 Å². The van der Waals surface area contributed by atoms with E-state index in [1.807, 2.05) is 24.3 Å². The number of hydrogen-bond donors (Lipinski definition) is 1. The fourth-order valence-corrected chi connectivity index (χ4v) is 3.45. The van der Waals surface area contributed by atoms with Crippen molar-refractivity contribution in [3.63, 3.8) is 0 Å². The van der Waals surface area contributed by atoms with Gasteiger partial charge in [-0.1, -0.05) is 51.3 Å². The Kier molecular flexibility index (Phi) is 5.85. The highest BCUT2D eigenvalue weighted by atomic mass is 79.9. The van der Waals surface area contributed by atoms with Gasteiger partial charge in [0.1, 0.15) is 5.82 Å². The maximum absolute atomic E-state index is 13.4. The molecule has 3 aromatic carbocycles. The summed E-state index contributed by atoms with van der Waals surface area (Å²) in [6, 6.07) is 17.9. The molecule has 0 saturated heterocycles. The number of halogens is 4. The third-order valence-corrected chi connectivity index (χ3v) is 5.24. The number of benzene rings is 3. The first-order valence-corrected chi connectivity index (χ1v) is 10.2. The van der Waals surface area contributed by atoms with Crippen molar-refractivity contribution in [3.8, 4) is 17.1 Å². The van der Waals surface area contributed by atoms with Gasteiger partial charge in [-0.05, 0) is 54.6 Å². The van der Waals surface area contributed by atoms with Gasteiger partial charge in [0.25, 0.3) is 5.91 Å². The van der Waals surface area contributed by atoms with Crippen molar-refractivity contribution in [1.82, 2.24) is 14.8 Å². The second-order valence-corrected chi connectivity index (χ2v) is 7.99. The summed E-state index contributed by atoms with van der Waals surface area (Å²) in [5.74, 6) is -0.553. The van der Waals surface area contributed by atoms with Crippen LogP contribution in [0.25, 0.3) is 17.1 Å². The summed E-state index contributed by atoms with van der Waals surface area (Å²) in [6.07, 6.45) is 0. The molecule has 0 aliphatic rings. The summed E-state index contributed by atoms with van der Waals surface area (Å²) in [7, 11) is 0. The summed E-state index contributed by atoms with van der Waals surface area (Å²) < 4.78 is 15.8. The Bertz CT molecular complexity index is 1160. The Hall–Kier alpha value is -2.74. The standard InChI is InChI=1S/C21H12BrCl2FN4O/c22-13-3-1-12(2-4-13)20-27-19(28-29(20)16-8-6-15(25)7-9-16)21(30)26-18-10-5-14(23)11-17(18)24/h1-11H,(H,26,30). The van der Waals surface area contributed by atoms with Crippen molar-refractivity contribution in [1.29, 1.82) is 0 Å². The molecular weight excluding hydrogens is 494 g/mol. The van der Waals surface area contributed by atoms with Crippen LogP contribution in [0, 0.1) is 5.82 Å². The second-order valence-electron chi connectivity index (χ2n) is 6.23. The van der Waals surface area contributed by atoms with Crippen LogP contribution in [0.5, 0.6) is 0 Å². The lowest BCUT2D eigenvalue weighted by Crippen LogP contribution is -2.14. The number of anilines is 1. The first-order valence-electron chi connectivity index (χ1n) is 8.66.